The number of aryl methyl sites for hydroxylation is 1. The maximum atomic E-state index is 6.05. The van der Waals surface area contributed by atoms with Crippen LogP contribution in [0, 0.1) is 6.92 Å². The fourth-order valence-corrected chi connectivity index (χ4v) is 2.67. The number of ether oxygens (including phenoxy) is 1. The van der Waals surface area contributed by atoms with Crippen LogP contribution in [-0.4, -0.2) is 13.7 Å². The van der Waals surface area contributed by atoms with Crippen LogP contribution in [0.3, 0.4) is 0 Å². The normalized spacial score (nSPS) is 12.2. The SMILES string of the molecule is CCOc1ccccc1C(NC)c1ccc(Cl)cc1C. The standard InChI is InChI=1S/C17H20ClNO/c1-4-20-16-8-6-5-7-15(16)17(19-3)14-10-9-13(18)11-12(14)2/h5-11,17,19H,4H2,1-3H3. The Morgan fingerprint density at radius 2 is 1.90 bits per heavy atom. The molecule has 0 aliphatic heterocycles. The third kappa shape index (κ3) is 3.14. The predicted octanol–water partition coefficient (Wildman–Crippen LogP) is 4.36. The van der Waals surface area contributed by atoms with Crippen molar-refractivity contribution in [1.29, 1.82) is 0 Å². The molecule has 106 valence electrons. The Balaban J connectivity index is 2.47. The monoisotopic (exact) mass is 289 g/mol. The maximum absolute atomic E-state index is 6.05. The number of para-hydroxylation sites is 1. The largest absolute Gasteiger partial charge is 0.494 e. The molecule has 0 aliphatic carbocycles. The van der Waals surface area contributed by atoms with Crippen molar-refractivity contribution in [3.05, 3.63) is 64.2 Å². The molecule has 1 unspecified atom stereocenters. The molecule has 2 rings (SSSR count). The molecule has 0 fully saturated rings. The lowest BCUT2D eigenvalue weighted by Gasteiger charge is -2.22. The lowest BCUT2D eigenvalue weighted by Crippen LogP contribution is -2.19. The Morgan fingerprint density at radius 3 is 2.55 bits per heavy atom. The molecular formula is C17H20ClNO. The number of rotatable bonds is 5. The summed E-state index contributed by atoms with van der Waals surface area (Å²) in [4.78, 5) is 0. The zero-order chi connectivity index (χ0) is 14.5. The van der Waals surface area contributed by atoms with Gasteiger partial charge in [0.05, 0.1) is 12.6 Å². The highest BCUT2D eigenvalue weighted by molar-refractivity contribution is 6.30. The van der Waals surface area contributed by atoms with Gasteiger partial charge in [0, 0.05) is 10.6 Å². The third-order valence-electron chi connectivity index (χ3n) is 3.36. The van der Waals surface area contributed by atoms with E-state index in [2.05, 4.69) is 24.4 Å². The first-order valence-corrected chi connectivity index (χ1v) is 7.20. The van der Waals surface area contributed by atoms with Crippen LogP contribution in [-0.2, 0) is 0 Å². The van der Waals surface area contributed by atoms with Gasteiger partial charge < -0.3 is 10.1 Å². The molecule has 0 spiro atoms. The lowest BCUT2D eigenvalue weighted by atomic mass is 9.94. The molecule has 0 aliphatic rings. The van der Waals surface area contributed by atoms with Gasteiger partial charge in [0.2, 0.25) is 0 Å². The average Bonchev–Trinajstić information content (AvgIpc) is 2.44. The van der Waals surface area contributed by atoms with Gasteiger partial charge in [-0.25, -0.2) is 0 Å². The average molecular weight is 290 g/mol. The van der Waals surface area contributed by atoms with Gasteiger partial charge >= 0.3 is 0 Å². The summed E-state index contributed by atoms with van der Waals surface area (Å²) in [5, 5.41) is 4.13. The summed E-state index contributed by atoms with van der Waals surface area (Å²) < 4.78 is 5.74. The minimum Gasteiger partial charge on any atom is -0.494 e. The van der Waals surface area contributed by atoms with E-state index in [1.54, 1.807) is 0 Å². The van der Waals surface area contributed by atoms with E-state index in [9.17, 15) is 0 Å². The minimum atomic E-state index is 0.0926. The van der Waals surface area contributed by atoms with Crippen molar-refractivity contribution >= 4 is 11.6 Å². The van der Waals surface area contributed by atoms with Gasteiger partial charge in [-0.15, -0.1) is 0 Å². The molecule has 3 heteroatoms. The molecule has 2 nitrogen and oxygen atoms in total. The summed E-state index contributed by atoms with van der Waals surface area (Å²) in [6, 6.07) is 14.2. The van der Waals surface area contributed by atoms with Gasteiger partial charge in [0.25, 0.3) is 0 Å². The van der Waals surface area contributed by atoms with Crippen molar-refractivity contribution in [2.45, 2.75) is 19.9 Å². The Labute approximate surface area is 125 Å². The van der Waals surface area contributed by atoms with Gasteiger partial charge in [-0.05, 0) is 50.2 Å². The van der Waals surface area contributed by atoms with Gasteiger partial charge in [0.1, 0.15) is 5.75 Å². The van der Waals surface area contributed by atoms with Crippen LogP contribution in [0.5, 0.6) is 5.75 Å². The fourth-order valence-electron chi connectivity index (χ4n) is 2.45. The summed E-state index contributed by atoms with van der Waals surface area (Å²) in [6.07, 6.45) is 0. The quantitative estimate of drug-likeness (QED) is 0.883. The second kappa shape index (κ2) is 6.78. The maximum Gasteiger partial charge on any atom is 0.124 e. The molecule has 0 amide bonds. The topological polar surface area (TPSA) is 21.3 Å². The van der Waals surface area contributed by atoms with E-state index in [1.807, 2.05) is 44.3 Å². The van der Waals surface area contributed by atoms with Crippen molar-refractivity contribution < 1.29 is 4.74 Å². The van der Waals surface area contributed by atoms with Gasteiger partial charge in [-0.2, -0.15) is 0 Å². The first kappa shape index (κ1) is 14.9. The summed E-state index contributed by atoms with van der Waals surface area (Å²) in [6.45, 7) is 4.74. The molecule has 0 saturated carbocycles. The smallest absolute Gasteiger partial charge is 0.124 e. The molecule has 1 atom stereocenters. The van der Waals surface area contributed by atoms with E-state index in [0.29, 0.717) is 6.61 Å². The summed E-state index contributed by atoms with van der Waals surface area (Å²) in [7, 11) is 1.96. The van der Waals surface area contributed by atoms with Crippen LogP contribution in [0.1, 0.15) is 29.7 Å². The molecule has 20 heavy (non-hydrogen) atoms. The third-order valence-corrected chi connectivity index (χ3v) is 3.60. The lowest BCUT2D eigenvalue weighted by molar-refractivity contribution is 0.334. The summed E-state index contributed by atoms with van der Waals surface area (Å²) in [5.74, 6) is 0.920. The van der Waals surface area contributed by atoms with E-state index in [4.69, 9.17) is 16.3 Å². The Hall–Kier alpha value is -1.51. The molecule has 0 heterocycles. The number of nitrogens with one attached hydrogen (secondary N) is 1. The molecule has 2 aromatic carbocycles. The first-order valence-electron chi connectivity index (χ1n) is 6.82. The van der Waals surface area contributed by atoms with Gasteiger partial charge in [-0.3, -0.25) is 0 Å². The molecule has 0 saturated heterocycles. The number of hydrogen-bond acceptors (Lipinski definition) is 2. The number of hydrogen-bond donors (Lipinski definition) is 1. The second-order valence-corrected chi connectivity index (χ2v) is 5.13. The molecule has 0 radical (unpaired) electrons. The number of benzene rings is 2. The Kier molecular flexibility index (Phi) is 5.05. The second-order valence-electron chi connectivity index (χ2n) is 4.69. The fraction of sp³-hybridized carbons (Fsp3) is 0.294. The number of halogens is 1. The molecular weight excluding hydrogens is 270 g/mol. The Morgan fingerprint density at radius 1 is 1.15 bits per heavy atom. The minimum absolute atomic E-state index is 0.0926. The molecule has 0 aromatic heterocycles. The van der Waals surface area contributed by atoms with Crippen LogP contribution in [0.2, 0.25) is 5.02 Å². The van der Waals surface area contributed by atoms with Crippen molar-refractivity contribution in [3.63, 3.8) is 0 Å². The van der Waals surface area contributed by atoms with Crippen LogP contribution < -0.4 is 10.1 Å². The Bertz CT molecular complexity index is 583. The van der Waals surface area contributed by atoms with Crippen molar-refractivity contribution in [2.75, 3.05) is 13.7 Å². The predicted molar refractivity (Wildman–Crippen MR) is 84.7 cm³/mol. The van der Waals surface area contributed by atoms with Crippen LogP contribution in [0.15, 0.2) is 42.5 Å². The van der Waals surface area contributed by atoms with Crippen LogP contribution >= 0.6 is 11.6 Å². The highest BCUT2D eigenvalue weighted by Crippen LogP contribution is 2.32. The summed E-state index contributed by atoms with van der Waals surface area (Å²) >= 11 is 6.05. The summed E-state index contributed by atoms with van der Waals surface area (Å²) in [5.41, 5.74) is 3.52. The van der Waals surface area contributed by atoms with Crippen molar-refractivity contribution in [2.24, 2.45) is 0 Å². The van der Waals surface area contributed by atoms with Crippen molar-refractivity contribution in [1.82, 2.24) is 5.32 Å². The highest BCUT2D eigenvalue weighted by Gasteiger charge is 2.18. The highest BCUT2D eigenvalue weighted by atomic mass is 35.5. The van der Waals surface area contributed by atoms with Gasteiger partial charge in [-0.1, -0.05) is 35.9 Å². The molecule has 2 aromatic rings. The molecule has 1 N–H and O–H groups in total. The zero-order valence-corrected chi connectivity index (χ0v) is 12.9. The zero-order valence-electron chi connectivity index (χ0n) is 12.1. The van der Waals surface area contributed by atoms with E-state index in [1.165, 1.54) is 11.1 Å². The van der Waals surface area contributed by atoms with E-state index in [0.717, 1.165) is 16.3 Å². The van der Waals surface area contributed by atoms with Gasteiger partial charge in [0.15, 0.2) is 0 Å². The van der Waals surface area contributed by atoms with Crippen molar-refractivity contribution in [3.8, 4) is 5.75 Å². The van der Waals surface area contributed by atoms with E-state index >= 15 is 0 Å². The van der Waals surface area contributed by atoms with Crippen LogP contribution in [0.4, 0.5) is 0 Å². The molecule has 0 bridgehead atoms. The van der Waals surface area contributed by atoms with E-state index in [-0.39, 0.29) is 6.04 Å². The van der Waals surface area contributed by atoms with E-state index < -0.39 is 0 Å². The first-order chi connectivity index (χ1) is 9.67. The van der Waals surface area contributed by atoms with Crippen LogP contribution in [0.25, 0.3) is 0 Å².